The predicted molar refractivity (Wildman–Crippen MR) is 99.4 cm³/mol. The van der Waals surface area contributed by atoms with Gasteiger partial charge in [-0.05, 0) is 48.6 Å². The van der Waals surface area contributed by atoms with Crippen molar-refractivity contribution in [1.29, 1.82) is 0 Å². The van der Waals surface area contributed by atoms with Crippen molar-refractivity contribution in [3.63, 3.8) is 0 Å². The summed E-state index contributed by atoms with van der Waals surface area (Å²) in [5.74, 6) is 1.36. The highest BCUT2D eigenvalue weighted by Crippen LogP contribution is 2.37. The minimum absolute atomic E-state index is 0.0488. The van der Waals surface area contributed by atoms with Crippen LogP contribution in [0.1, 0.15) is 45.7 Å². The van der Waals surface area contributed by atoms with Gasteiger partial charge in [0.25, 0.3) is 0 Å². The molecule has 1 amide bonds. The maximum atomic E-state index is 13.0. The molecule has 1 heterocycles. The zero-order valence-electron chi connectivity index (χ0n) is 15.5. The summed E-state index contributed by atoms with van der Waals surface area (Å²) in [5.41, 5.74) is 2.11. The molecule has 0 aliphatic carbocycles. The molecular formula is C21H25NO3. The van der Waals surface area contributed by atoms with Crippen molar-refractivity contribution in [2.45, 2.75) is 45.4 Å². The van der Waals surface area contributed by atoms with Crippen molar-refractivity contribution in [3.8, 4) is 11.5 Å². The van der Waals surface area contributed by atoms with Crippen molar-refractivity contribution in [2.75, 3.05) is 12.1 Å². The lowest BCUT2D eigenvalue weighted by molar-refractivity contribution is -0.120. The molecule has 0 atom stereocenters. The number of benzene rings is 2. The van der Waals surface area contributed by atoms with Crippen LogP contribution >= 0.6 is 0 Å². The summed E-state index contributed by atoms with van der Waals surface area (Å²) < 4.78 is 10.8. The van der Waals surface area contributed by atoms with E-state index in [1.807, 2.05) is 50.2 Å². The lowest BCUT2D eigenvalue weighted by atomic mass is 9.82. The first-order valence-electron chi connectivity index (χ1n) is 8.51. The van der Waals surface area contributed by atoms with Gasteiger partial charge in [-0.3, -0.25) is 4.79 Å². The number of hydrogen-bond acceptors (Lipinski definition) is 3. The number of ether oxygens (including phenoxy) is 2. The van der Waals surface area contributed by atoms with Gasteiger partial charge in [0.1, 0.15) is 0 Å². The van der Waals surface area contributed by atoms with Gasteiger partial charge in [-0.15, -0.1) is 0 Å². The fraction of sp³-hybridized carbons (Fsp3) is 0.381. The van der Waals surface area contributed by atoms with Gasteiger partial charge in [0.2, 0.25) is 12.7 Å². The third-order valence-electron chi connectivity index (χ3n) is 4.65. The second-order valence-corrected chi connectivity index (χ2v) is 7.94. The molecule has 2 aromatic rings. The van der Waals surface area contributed by atoms with Crippen molar-refractivity contribution < 1.29 is 14.3 Å². The quantitative estimate of drug-likeness (QED) is 0.887. The van der Waals surface area contributed by atoms with Gasteiger partial charge in [0.05, 0.1) is 5.41 Å². The van der Waals surface area contributed by atoms with Crippen LogP contribution in [0.2, 0.25) is 0 Å². The van der Waals surface area contributed by atoms with Gasteiger partial charge in [-0.25, -0.2) is 0 Å². The van der Waals surface area contributed by atoms with Crippen LogP contribution < -0.4 is 14.8 Å². The van der Waals surface area contributed by atoms with Crippen LogP contribution in [0.3, 0.4) is 0 Å². The average Bonchev–Trinajstić information content (AvgIpc) is 3.01. The van der Waals surface area contributed by atoms with E-state index in [4.69, 9.17) is 9.47 Å². The summed E-state index contributed by atoms with van der Waals surface area (Å²) >= 11 is 0. The highest BCUT2D eigenvalue weighted by Gasteiger charge is 2.32. The largest absolute Gasteiger partial charge is 0.454 e. The van der Waals surface area contributed by atoms with Gasteiger partial charge in [-0.1, -0.05) is 45.0 Å². The number of fused-ring (bicyclic) bond motifs is 1. The highest BCUT2D eigenvalue weighted by molar-refractivity contribution is 5.99. The van der Waals surface area contributed by atoms with Crippen LogP contribution in [0, 0.1) is 0 Å². The van der Waals surface area contributed by atoms with E-state index in [1.54, 1.807) is 0 Å². The minimum Gasteiger partial charge on any atom is -0.454 e. The van der Waals surface area contributed by atoms with Crippen LogP contribution in [0.25, 0.3) is 0 Å². The Morgan fingerprint density at radius 2 is 1.64 bits per heavy atom. The Kier molecular flexibility index (Phi) is 4.23. The SMILES string of the molecule is CC(C)(C)c1ccccc1NC(=O)C(C)(C)c1ccc2c(c1)OCO2. The third-order valence-corrected chi connectivity index (χ3v) is 4.65. The number of hydrogen-bond donors (Lipinski definition) is 1. The molecule has 4 nitrogen and oxygen atoms in total. The fourth-order valence-electron chi connectivity index (χ4n) is 2.94. The molecule has 1 aliphatic heterocycles. The molecule has 0 saturated carbocycles. The van der Waals surface area contributed by atoms with E-state index in [9.17, 15) is 4.79 Å². The first kappa shape index (κ1) is 17.3. The monoisotopic (exact) mass is 339 g/mol. The van der Waals surface area contributed by atoms with Crippen LogP contribution in [0.5, 0.6) is 11.5 Å². The van der Waals surface area contributed by atoms with Gasteiger partial charge in [0.15, 0.2) is 11.5 Å². The Hall–Kier alpha value is -2.49. The van der Waals surface area contributed by atoms with E-state index in [1.165, 1.54) is 0 Å². The minimum atomic E-state index is -0.702. The maximum Gasteiger partial charge on any atom is 0.234 e. The maximum absolute atomic E-state index is 13.0. The van der Waals surface area contributed by atoms with Crippen LogP contribution in [-0.2, 0) is 15.6 Å². The molecular weight excluding hydrogens is 314 g/mol. The zero-order valence-corrected chi connectivity index (χ0v) is 15.5. The number of para-hydroxylation sites is 1. The number of carbonyl (C=O) groups excluding carboxylic acids is 1. The Bertz CT molecular complexity index is 803. The van der Waals surface area contributed by atoms with Gasteiger partial charge >= 0.3 is 0 Å². The molecule has 2 aromatic carbocycles. The molecule has 0 spiro atoms. The smallest absolute Gasteiger partial charge is 0.234 e. The molecule has 0 aromatic heterocycles. The molecule has 132 valence electrons. The summed E-state index contributed by atoms with van der Waals surface area (Å²) in [6, 6.07) is 13.6. The Labute approximate surface area is 149 Å². The number of rotatable bonds is 3. The van der Waals surface area contributed by atoms with E-state index in [0.29, 0.717) is 5.75 Å². The molecule has 0 unspecified atom stereocenters. The van der Waals surface area contributed by atoms with Crippen LogP contribution in [-0.4, -0.2) is 12.7 Å². The third kappa shape index (κ3) is 3.34. The standard InChI is InChI=1S/C21H25NO3/c1-20(2,3)15-8-6-7-9-16(15)22-19(23)21(4,5)14-10-11-17-18(12-14)25-13-24-17/h6-12H,13H2,1-5H3,(H,22,23). The molecule has 0 fully saturated rings. The van der Waals surface area contributed by atoms with E-state index in [0.717, 1.165) is 22.6 Å². The van der Waals surface area contributed by atoms with Crippen molar-refractivity contribution in [3.05, 3.63) is 53.6 Å². The van der Waals surface area contributed by atoms with E-state index in [-0.39, 0.29) is 18.1 Å². The summed E-state index contributed by atoms with van der Waals surface area (Å²) in [6.07, 6.45) is 0. The van der Waals surface area contributed by atoms with Gasteiger partial charge in [0, 0.05) is 5.69 Å². The topological polar surface area (TPSA) is 47.6 Å². The van der Waals surface area contributed by atoms with Gasteiger partial charge in [-0.2, -0.15) is 0 Å². The Morgan fingerprint density at radius 1 is 0.960 bits per heavy atom. The fourth-order valence-corrected chi connectivity index (χ4v) is 2.94. The molecule has 3 rings (SSSR count). The zero-order chi connectivity index (χ0) is 18.2. The molecule has 0 radical (unpaired) electrons. The van der Waals surface area contributed by atoms with Crippen molar-refractivity contribution in [1.82, 2.24) is 0 Å². The number of amides is 1. The molecule has 1 aliphatic rings. The average molecular weight is 339 g/mol. The molecule has 1 N–H and O–H groups in total. The lowest BCUT2D eigenvalue weighted by Crippen LogP contribution is -2.35. The Morgan fingerprint density at radius 3 is 2.36 bits per heavy atom. The van der Waals surface area contributed by atoms with Crippen LogP contribution in [0.4, 0.5) is 5.69 Å². The van der Waals surface area contributed by atoms with E-state index in [2.05, 4.69) is 32.2 Å². The lowest BCUT2D eigenvalue weighted by Gasteiger charge is -2.27. The van der Waals surface area contributed by atoms with Crippen LogP contribution in [0.15, 0.2) is 42.5 Å². The predicted octanol–water partition coefficient (Wildman–Crippen LogP) is 4.63. The number of carbonyl (C=O) groups is 1. The first-order chi connectivity index (χ1) is 11.7. The molecule has 0 bridgehead atoms. The summed E-state index contributed by atoms with van der Waals surface area (Å²) in [6.45, 7) is 10.5. The summed E-state index contributed by atoms with van der Waals surface area (Å²) in [7, 11) is 0. The molecule has 0 saturated heterocycles. The number of nitrogens with one attached hydrogen (secondary N) is 1. The summed E-state index contributed by atoms with van der Waals surface area (Å²) in [5, 5.41) is 3.11. The number of anilines is 1. The molecule has 25 heavy (non-hydrogen) atoms. The van der Waals surface area contributed by atoms with E-state index < -0.39 is 5.41 Å². The summed E-state index contributed by atoms with van der Waals surface area (Å²) in [4.78, 5) is 13.0. The highest BCUT2D eigenvalue weighted by atomic mass is 16.7. The first-order valence-corrected chi connectivity index (χ1v) is 8.51. The second kappa shape index (κ2) is 6.10. The normalized spacial score (nSPS) is 13.6. The molecule has 4 heteroatoms. The second-order valence-electron chi connectivity index (χ2n) is 7.94. The van der Waals surface area contributed by atoms with E-state index >= 15 is 0 Å². The van der Waals surface area contributed by atoms with Gasteiger partial charge < -0.3 is 14.8 Å². The Balaban J connectivity index is 1.88. The van der Waals surface area contributed by atoms with Crippen molar-refractivity contribution >= 4 is 11.6 Å². The van der Waals surface area contributed by atoms with Crippen molar-refractivity contribution in [2.24, 2.45) is 0 Å².